The molecule has 0 saturated heterocycles. The Morgan fingerprint density at radius 3 is 1.79 bits per heavy atom. The minimum absolute atomic E-state index is 0. The minimum atomic E-state index is 0. The topological polar surface area (TPSA) is 20.9 Å². The molecule has 0 fully saturated rings. The number of nitrogens with zero attached hydrogens (tertiary/aromatic N) is 1. The zero-order valence-corrected chi connectivity index (χ0v) is 12.3. The molecule has 0 aliphatic carbocycles. The van der Waals surface area contributed by atoms with Crippen molar-refractivity contribution in [1.29, 1.82) is 0 Å². The van der Waals surface area contributed by atoms with E-state index >= 15 is 0 Å². The molecule has 2 nitrogen and oxygen atoms in total. The maximum atomic E-state index is 10.6. The third-order valence-electron chi connectivity index (χ3n) is 1.03. The molecule has 0 amide bonds. The minimum Gasteiger partial charge on any atom is -0.346 e. The van der Waals surface area contributed by atoms with Gasteiger partial charge in [-0.2, -0.15) is 13.0 Å². The van der Waals surface area contributed by atoms with Crippen LogP contribution in [0.5, 0.6) is 0 Å². The summed E-state index contributed by atoms with van der Waals surface area (Å²) in [7, 11) is 0. The van der Waals surface area contributed by atoms with Gasteiger partial charge in [0.25, 0.3) is 0 Å². The Hall–Kier alpha value is -0.0761. The SMILES string of the molecule is CC.CC(=O)[n+]1cc[c-]cc1.[CH2-]C.[Y]. The van der Waals surface area contributed by atoms with Crippen molar-refractivity contribution in [2.75, 3.05) is 0 Å². The van der Waals surface area contributed by atoms with Crippen molar-refractivity contribution in [3.05, 3.63) is 37.5 Å². The second-order valence-corrected chi connectivity index (χ2v) is 1.72. The summed E-state index contributed by atoms with van der Waals surface area (Å²) in [5, 5.41) is 0. The molecule has 14 heavy (non-hydrogen) atoms. The van der Waals surface area contributed by atoms with Crippen molar-refractivity contribution in [3.8, 4) is 0 Å². The number of rotatable bonds is 0. The van der Waals surface area contributed by atoms with E-state index in [0.29, 0.717) is 0 Å². The maximum Gasteiger partial charge on any atom is 0.366 e. The predicted octanol–water partition coefficient (Wildman–Crippen LogP) is 2.30. The zero-order valence-electron chi connectivity index (χ0n) is 9.45. The second kappa shape index (κ2) is 15.4. The molecule has 0 aliphatic heterocycles. The number of carbonyl (C=O) groups excluding carboxylic acids is 1. The van der Waals surface area contributed by atoms with Gasteiger partial charge in [0.15, 0.2) is 0 Å². The third kappa shape index (κ3) is 10.0. The first-order valence-corrected chi connectivity index (χ1v) is 4.40. The summed E-state index contributed by atoms with van der Waals surface area (Å²) in [5.41, 5.74) is 0. The van der Waals surface area contributed by atoms with Crippen LogP contribution in [-0.4, -0.2) is 5.91 Å². The molecule has 0 atom stereocenters. The third-order valence-corrected chi connectivity index (χ3v) is 1.03. The van der Waals surface area contributed by atoms with E-state index in [4.69, 9.17) is 0 Å². The Morgan fingerprint density at radius 1 is 1.21 bits per heavy atom. The molecule has 1 aromatic heterocycles. The van der Waals surface area contributed by atoms with Crippen molar-refractivity contribution in [1.82, 2.24) is 0 Å². The average molecular weight is 269 g/mol. The Bertz CT molecular complexity index is 212. The Balaban J connectivity index is -0.000000216. The van der Waals surface area contributed by atoms with Gasteiger partial charge >= 0.3 is 5.91 Å². The van der Waals surface area contributed by atoms with E-state index in [-0.39, 0.29) is 38.6 Å². The van der Waals surface area contributed by atoms with Gasteiger partial charge in [-0.1, -0.05) is 13.8 Å². The molecule has 0 spiro atoms. The van der Waals surface area contributed by atoms with Crippen molar-refractivity contribution >= 4 is 5.91 Å². The van der Waals surface area contributed by atoms with Crippen LogP contribution in [0.2, 0.25) is 0 Å². The van der Waals surface area contributed by atoms with E-state index in [1.165, 1.54) is 11.5 Å². The van der Waals surface area contributed by atoms with Crippen molar-refractivity contribution in [2.45, 2.75) is 27.7 Å². The summed E-state index contributed by atoms with van der Waals surface area (Å²) in [6, 6.07) is 6.21. The molecule has 3 heteroatoms. The number of pyridine rings is 1. The molecule has 1 heterocycles. The van der Waals surface area contributed by atoms with Crippen LogP contribution < -0.4 is 4.57 Å². The molecule has 0 aromatic carbocycles. The summed E-state index contributed by atoms with van der Waals surface area (Å²) in [4.78, 5) is 10.6. The van der Waals surface area contributed by atoms with Crippen molar-refractivity contribution < 1.29 is 42.1 Å². The fourth-order valence-corrected chi connectivity index (χ4v) is 0.562. The van der Waals surface area contributed by atoms with Crippen LogP contribution in [0.4, 0.5) is 0 Å². The largest absolute Gasteiger partial charge is 0.366 e. The molecular weight excluding hydrogens is 251 g/mol. The van der Waals surface area contributed by atoms with Crippen LogP contribution in [0.3, 0.4) is 0 Å². The molecule has 0 aliphatic rings. The van der Waals surface area contributed by atoms with Crippen LogP contribution >= 0.6 is 0 Å². The monoisotopic (exact) mass is 269 g/mol. The van der Waals surface area contributed by atoms with Crippen LogP contribution in [0, 0.1) is 13.0 Å². The fraction of sp³-hybridized carbons (Fsp3) is 0.364. The van der Waals surface area contributed by atoms with Crippen LogP contribution in [-0.2, 0) is 32.7 Å². The van der Waals surface area contributed by atoms with E-state index in [0.717, 1.165) is 0 Å². The first-order chi connectivity index (χ1) is 6.30. The first kappa shape index (κ1) is 19.5. The van der Waals surface area contributed by atoms with Gasteiger partial charge in [0, 0.05) is 32.7 Å². The standard InChI is InChI=1S/C7H7NO.C2H6.C2H5.Y/c1-7(9)8-5-3-2-4-6-8;2*1-2;/h3-6H,1H3;1-2H3;1H2,2H3;/q;;-1;. The summed E-state index contributed by atoms with van der Waals surface area (Å²) < 4.78 is 1.50. The van der Waals surface area contributed by atoms with Crippen LogP contribution in [0.1, 0.15) is 32.5 Å². The Labute approximate surface area is 113 Å². The number of hydrogen-bond donors (Lipinski definition) is 0. The van der Waals surface area contributed by atoms with Crippen LogP contribution in [0.15, 0.2) is 24.5 Å². The van der Waals surface area contributed by atoms with Gasteiger partial charge in [-0.3, -0.25) is 0 Å². The molecule has 77 valence electrons. The van der Waals surface area contributed by atoms with E-state index in [1.54, 1.807) is 31.5 Å². The molecular formula is C11H18NOY-. The summed E-state index contributed by atoms with van der Waals surface area (Å²) in [5.74, 6) is 0.0176. The molecule has 0 bridgehead atoms. The number of carbonyl (C=O) groups is 1. The normalized spacial score (nSPS) is 6.64. The van der Waals surface area contributed by atoms with Gasteiger partial charge < -0.3 is 6.92 Å². The van der Waals surface area contributed by atoms with E-state index in [1.807, 2.05) is 13.8 Å². The summed E-state index contributed by atoms with van der Waals surface area (Å²) in [6.45, 7) is 10.5. The first-order valence-electron chi connectivity index (χ1n) is 4.40. The van der Waals surface area contributed by atoms with Crippen molar-refractivity contribution in [3.63, 3.8) is 0 Å². The molecule has 0 unspecified atom stereocenters. The molecule has 1 rings (SSSR count). The van der Waals surface area contributed by atoms with E-state index < -0.39 is 0 Å². The Kier molecular flexibility index (Phi) is 21.4. The fourth-order valence-electron chi connectivity index (χ4n) is 0.562. The molecule has 1 radical (unpaired) electrons. The maximum absolute atomic E-state index is 10.6. The molecule has 1 aromatic rings. The predicted molar refractivity (Wildman–Crippen MR) is 54.2 cm³/mol. The Morgan fingerprint density at radius 2 is 1.57 bits per heavy atom. The quantitative estimate of drug-likeness (QED) is 0.523. The summed E-state index contributed by atoms with van der Waals surface area (Å²) in [6.07, 6.45) is 3.34. The van der Waals surface area contributed by atoms with E-state index in [2.05, 4.69) is 13.0 Å². The van der Waals surface area contributed by atoms with Gasteiger partial charge in [-0.15, -0.1) is 12.1 Å². The van der Waals surface area contributed by atoms with Gasteiger partial charge in [-0.05, 0) is 0 Å². The number of aromatic nitrogens is 1. The van der Waals surface area contributed by atoms with Gasteiger partial charge in [0.2, 0.25) is 0 Å². The van der Waals surface area contributed by atoms with Crippen LogP contribution in [0.25, 0.3) is 0 Å². The molecule has 0 N–H and O–H groups in total. The van der Waals surface area contributed by atoms with Crippen molar-refractivity contribution in [2.24, 2.45) is 0 Å². The van der Waals surface area contributed by atoms with E-state index in [9.17, 15) is 4.79 Å². The average Bonchev–Trinajstić information content (AvgIpc) is 2.25. The number of hydrogen-bond acceptors (Lipinski definition) is 1. The zero-order chi connectivity index (χ0) is 10.7. The van der Waals surface area contributed by atoms with Gasteiger partial charge in [0.05, 0.1) is 19.3 Å². The smallest absolute Gasteiger partial charge is 0.346 e. The van der Waals surface area contributed by atoms with Gasteiger partial charge in [-0.25, -0.2) is 9.36 Å². The second-order valence-electron chi connectivity index (χ2n) is 1.72. The summed E-state index contributed by atoms with van der Waals surface area (Å²) >= 11 is 0. The molecule has 0 saturated carbocycles. The van der Waals surface area contributed by atoms with Gasteiger partial charge in [0.1, 0.15) is 0 Å².